The highest BCUT2D eigenvalue weighted by Crippen LogP contribution is 2.11. The third-order valence-corrected chi connectivity index (χ3v) is 7.06. The van der Waals surface area contributed by atoms with Crippen molar-refractivity contribution >= 4 is 8.56 Å². The molecule has 29 heavy (non-hydrogen) atoms. The Morgan fingerprint density at radius 1 is 0.483 bits per heavy atom. The van der Waals surface area contributed by atoms with Gasteiger partial charge in [-0.05, 0) is 38.8 Å². The van der Waals surface area contributed by atoms with Crippen LogP contribution < -0.4 is 0 Å². The number of unbranched alkanes of at least 4 members (excludes halogenated alkanes) is 14. The molecule has 0 saturated heterocycles. The van der Waals surface area contributed by atoms with Crippen molar-refractivity contribution in [3.05, 3.63) is 24.3 Å². The Labute approximate surface area is 184 Å². The van der Waals surface area contributed by atoms with Gasteiger partial charge in [-0.15, -0.1) is 0 Å². The quantitative estimate of drug-likeness (QED) is 0.0979. The number of rotatable bonds is 22. The Morgan fingerprint density at radius 3 is 1.21 bits per heavy atom. The fourth-order valence-corrected chi connectivity index (χ4v) is 4.43. The van der Waals surface area contributed by atoms with Gasteiger partial charge in [0.2, 0.25) is 0 Å². The molecule has 0 aliphatic heterocycles. The van der Waals surface area contributed by atoms with Crippen molar-refractivity contribution in [1.82, 2.24) is 0 Å². The first kappa shape index (κ1) is 28.6. The summed E-state index contributed by atoms with van der Waals surface area (Å²) >= 11 is 0. The second kappa shape index (κ2) is 22.3. The normalized spacial score (nSPS) is 12.6. The van der Waals surface area contributed by atoms with Crippen molar-refractivity contribution in [2.75, 3.05) is 13.2 Å². The van der Waals surface area contributed by atoms with Crippen LogP contribution in [-0.4, -0.2) is 21.8 Å². The van der Waals surface area contributed by atoms with Gasteiger partial charge in [-0.25, -0.2) is 0 Å². The highest BCUT2D eigenvalue weighted by Gasteiger charge is 2.22. The van der Waals surface area contributed by atoms with Crippen molar-refractivity contribution in [3.63, 3.8) is 0 Å². The molecule has 0 fully saturated rings. The fourth-order valence-electron chi connectivity index (χ4n) is 3.35. The molecule has 2 nitrogen and oxygen atoms in total. The average molecular weight is 425 g/mol. The van der Waals surface area contributed by atoms with Crippen LogP contribution in [0.1, 0.15) is 117 Å². The van der Waals surface area contributed by atoms with Gasteiger partial charge in [0, 0.05) is 0 Å². The lowest BCUT2D eigenvalue weighted by atomic mass is 10.1. The maximum absolute atomic E-state index is 5.99. The van der Waals surface area contributed by atoms with E-state index >= 15 is 0 Å². The van der Waals surface area contributed by atoms with Crippen LogP contribution in [0.4, 0.5) is 0 Å². The number of hydrogen-bond donors (Lipinski definition) is 0. The summed E-state index contributed by atoms with van der Waals surface area (Å²) in [4.78, 5) is 0. The summed E-state index contributed by atoms with van der Waals surface area (Å²) in [5.74, 6) is 0. The number of hydrogen-bond acceptors (Lipinski definition) is 2. The number of allylic oxidation sites excluding steroid dienone is 2. The zero-order valence-corrected chi connectivity index (χ0v) is 21.4. The van der Waals surface area contributed by atoms with Crippen LogP contribution in [0.15, 0.2) is 24.3 Å². The maximum Gasteiger partial charge on any atom is 0.332 e. The molecule has 0 N–H and O–H groups in total. The summed E-state index contributed by atoms with van der Waals surface area (Å²) in [6, 6.07) is 0. The van der Waals surface area contributed by atoms with Crippen molar-refractivity contribution in [3.8, 4) is 0 Å². The van der Waals surface area contributed by atoms with Crippen molar-refractivity contribution in [2.24, 2.45) is 0 Å². The van der Waals surface area contributed by atoms with Gasteiger partial charge < -0.3 is 8.85 Å². The van der Waals surface area contributed by atoms with E-state index in [1.165, 1.54) is 103 Å². The van der Waals surface area contributed by atoms with E-state index in [0.29, 0.717) is 13.2 Å². The maximum atomic E-state index is 5.99. The monoisotopic (exact) mass is 424 g/mol. The minimum atomic E-state index is -1.99. The molecule has 0 aromatic rings. The van der Waals surface area contributed by atoms with Crippen molar-refractivity contribution in [2.45, 2.75) is 130 Å². The minimum Gasteiger partial charge on any atom is -0.391 e. The van der Waals surface area contributed by atoms with Gasteiger partial charge in [0.25, 0.3) is 0 Å². The van der Waals surface area contributed by atoms with E-state index in [1.54, 1.807) is 0 Å². The topological polar surface area (TPSA) is 18.5 Å². The average Bonchev–Trinajstić information content (AvgIpc) is 2.70. The van der Waals surface area contributed by atoms with E-state index in [4.69, 9.17) is 8.85 Å². The molecule has 0 atom stereocenters. The Hall–Kier alpha value is -0.383. The summed E-state index contributed by atoms with van der Waals surface area (Å²) in [5.41, 5.74) is 0. The SMILES string of the molecule is CCCCCCCCC/C=C/CO[Si](C)(C)OC/C=C/CCCCCCCCC. The third kappa shape index (κ3) is 23.8. The lowest BCUT2D eigenvalue weighted by Crippen LogP contribution is -2.34. The van der Waals surface area contributed by atoms with Gasteiger partial charge in [0.05, 0.1) is 13.2 Å². The first-order valence-corrected chi connectivity index (χ1v) is 15.5. The highest BCUT2D eigenvalue weighted by atomic mass is 28.4. The second-order valence-electron chi connectivity index (χ2n) is 8.78. The van der Waals surface area contributed by atoms with Crippen LogP contribution in [0.25, 0.3) is 0 Å². The van der Waals surface area contributed by atoms with E-state index in [9.17, 15) is 0 Å². The predicted molar refractivity (Wildman–Crippen MR) is 133 cm³/mol. The molecular weight excluding hydrogens is 372 g/mol. The third-order valence-electron chi connectivity index (χ3n) is 5.34. The molecule has 0 saturated carbocycles. The summed E-state index contributed by atoms with van der Waals surface area (Å²) < 4.78 is 12.0. The van der Waals surface area contributed by atoms with E-state index in [0.717, 1.165) is 0 Å². The minimum absolute atomic E-state index is 0.692. The van der Waals surface area contributed by atoms with Crippen LogP contribution in [0.3, 0.4) is 0 Å². The van der Waals surface area contributed by atoms with E-state index in [-0.39, 0.29) is 0 Å². The van der Waals surface area contributed by atoms with Crippen LogP contribution in [0, 0.1) is 0 Å². The van der Waals surface area contributed by atoms with Crippen LogP contribution >= 0.6 is 0 Å². The van der Waals surface area contributed by atoms with Gasteiger partial charge in [-0.2, -0.15) is 0 Å². The second-order valence-corrected chi connectivity index (χ2v) is 12.2. The van der Waals surface area contributed by atoms with E-state index in [1.807, 2.05) is 0 Å². The molecule has 0 aromatic heterocycles. The predicted octanol–water partition coefficient (Wildman–Crippen LogP) is 9.12. The molecule has 3 heteroatoms. The Bertz CT molecular complexity index is 343. The Kier molecular flexibility index (Phi) is 22.0. The lowest BCUT2D eigenvalue weighted by Gasteiger charge is -2.21. The zero-order valence-electron chi connectivity index (χ0n) is 20.4. The molecule has 172 valence electrons. The van der Waals surface area contributed by atoms with Gasteiger partial charge in [-0.1, -0.05) is 115 Å². The molecule has 0 radical (unpaired) electrons. The molecule has 0 heterocycles. The molecular formula is C26H52O2Si. The summed E-state index contributed by atoms with van der Waals surface area (Å²) in [7, 11) is -1.99. The van der Waals surface area contributed by atoms with E-state index in [2.05, 4.69) is 51.2 Å². The summed E-state index contributed by atoms with van der Waals surface area (Å²) in [6.45, 7) is 10.2. The Morgan fingerprint density at radius 2 is 0.828 bits per heavy atom. The standard InChI is InChI=1S/C26H52O2Si/c1-5-7-9-11-13-15-17-19-21-23-25-27-29(3,4)28-26-24-22-20-18-16-14-12-10-8-6-2/h21-24H,5-20,25-26H2,1-4H3/b23-21+,24-22+. The van der Waals surface area contributed by atoms with Crippen LogP contribution in [0.2, 0.25) is 13.1 Å². The van der Waals surface area contributed by atoms with Crippen molar-refractivity contribution in [1.29, 1.82) is 0 Å². The fraction of sp³-hybridized carbons (Fsp3) is 0.846. The molecule has 0 amide bonds. The molecule has 0 rings (SSSR count). The molecule has 0 aliphatic rings. The van der Waals surface area contributed by atoms with Crippen LogP contribution in [-0.2, 0) is 8.85 Å². The van der Waals surface area contributed by atoms with Gasteiger partial charge >= 0.3 is 8.56 Å². The smallest absolute Gasteiger partial charge is 0.332 e. The molecule has 0 aromatic carbocycles. The van der Waals surface area contributed by atoms with Crippen LogP contribution in [0.5, 0.6) is 0 Å². The summed E-state index contributed by atoms with van der Waals surface area (Å²) in [5, 5.41) is 0. The van der Waals surface area contributed by atoms with Crippen molar-refractivity contribution < 1.29 is 8.85 Å². The Balaban J connectivity index is 3.49. The molecule has 0 bridgehead atoms. The first-order chi connectivity index (χ1) is 14.1. The molecule has 0 spiro atoms. The molecule has 0 aliphatic carbocycles. The molecule has 0 unspecified atom stereocenters. The summed E-state index contributed by atoms with van der Waals surface area (Å²) in [6.07, 6.45) is 30.5. The largest absolute Gasteiger partial charge is 0.391 e. The van der Waals surface area contributed by atoms with E-state index < -0.39 is 8.56 Å². The van der Waals surface area contributed by atoms with Gasteiger partial charge in [0.15, 0.2) is 0 Å². The van der Waals surface area contributed by atoms with Gasteiger partial charge in [-0.3, -0.25) is 0 Å². The van der Waals surface area contributed by atoms with Gasteiger partial charge in [0.1, 0.15) is 0 Å². The highest BCUT2D eigenvalue weighted by molar-refractivity contribution is 6.64. The lowest BCUT2D eigenvalue weighted by molar-refractivity contribution is 0.213. The first-order valence-electron chi connectivity index (χ1n) is 12.7. The zero-order chi connectivity index (χ0) is 21.5.